The molecule has 0 unspecified atom stereocenters. The molecule has 1 aromatic carbocycles. The van der Waals surface area contributed by atoms with E-state index in [1.807, 2.05) is 26.0 Å². The summed E-state index contributed by atoms with van der Waals surface area (Å²) in [6, 6.07) is 7.71. The predicted octanol–water partition coefficient (Wildman–Crippen LogP) is 3.87. The molecule has 3 rings (SSSR count). The zero-order valence-corrected chi connectivity index (χ0v) is 12.9. The molecule has 106 valence electrons. The largest absolute Gasteiger partial charge is 0.298 e. The van der Waals surface area contributed by atoms with Crippen LogP contribution in [0.3, 0.4) is 0 Å². The number of pyridine rings is 1. The lowest BCUT2D eigenvalue weighted by molar-refractivity contribution is 0.102. The van der Waals surface area contributed by atoms with E-state index in [1.165, 1.54) is 16.9 Å². The number of fused-ring (bicyclic) bond motifs is 1. The third-order valence-electron chi connectivity index (χ3n) is 3.34. The fourth-order valence-corrected chi connectivity index (χ4v) is 3.09. The second-order valence-electron chi connectivity index (χ2n) is 5.04. The SMILES string of the molecule is Cc1ccc(C(=O)Nc2nc3c(C)ccc(C)c3s2)cn1. The number of benzene rings is 1. The Morgan fingerprint density at radius 1 is 1.10 bits per heavy atom. The summed E-state index contributed by atoms with van der Waals surface area (Å²) in [7, 11) is 0. The minimum absolute atomic E-state index is 0.183. The third-order valence-corrected chi connectivity index (χ3v) is 4.44. The molecule has 0 radical (unpaired) electrons. The lowest BCUT2D eigenvalue weighted by Gasteiger charge is -2.01. The van der Waals surface area contributed by atoms with Crippen LogP contribution in [0.25, 0.3) is 10.2 Å². The number of hydrogen-bond donors (Lipinski definition) is 1. The Kier molecular flexibility index (Phi) is 3.43. The minimum Gasteiger partial charge on any atom is -0.298 e. The number of hydrogen-bond acceptors (Lipinski definition) is 4. The molecule has 1 N–H and O–H groups in total. The van der Waals surface area contributed by atoms with Crippen LogP contribution in [0.1, 0.15) is 27.2 Å². The number of amides is 1. The van der Waals surface area contributed by atoms with Gasteiger partial charge >= 0.3 is 0 Å². The number of aromatic nitrogens is 2. The summed E-state index contributed by atoms with van der Waals surface area (Å²) in [6.45, 7) is 5.97. The van der Waals surface area contributed by atoms with Crippen molar-refractivity contribution >= 4 is 32.6 Å². The monoisotopic (exact) mass is 297 g/mol. The van der Waals surface area contributed by atoms with Crippen LogP contribution < -0.4 is 5.32 Å². The van der Waals surface area contributed by atoms with Gasteiger partial charge in [0.25, 0.3) is 5.91 Å². The Balaban J connectivity index is 1.91. The van der Waals surface area contributed by atoms with Gasteiger partial charge in [0.1, 0.15) is 0 Å². The molecule has 3 aromatic rings. The number of thiazole rings is 1. The standard InChI is InChI=1S/C16H15N3OS/c1-9-4-5-10(2)14-13(9)18-16(21-14)19-15(20)12-7-6-11(3)17-8-12/h4-8H,1-3H3,(H,18,19,20). The van der Waals surface area contributed by atoms with Gasteiger partial charge in [0.15, 0.2) is 5.13 Å². The van der Waals surface area contributed by atoms with Crippen LogP contribution in [-0.4, -0.2) is 15.9 Å². The highest BCUT2D eigenvalue weighted by Gasteiger charge is 2.12. The summed E-state index contributed by atoms with van der Waals surface area (Å²) in [5.74, 6) is -0.183. The summed E-state index contributed by atoms with van der Waals surface area (Å²) in [4.78, 5) is 20.8. The van der Waals surface area contributed by atoms with Crippen LogP contribution in [0.4, 0.5) is 5.13 Å². The van der Waals surface area contributed by atoms with E-state index in [-0.39, 0.29) is 5.91 Å². The Morgan fingerprint density at radius 2 is 1.86 bits per heavy atom. The Morgan fingerprint density at radius 3 is 2.52 bits per heavy atom. The fourth-order valence-electron chi connectivity index (χ4n) is 2.08. The number of anilines is 1. The van der Waals surface area contributed by atoms with Gasteiger partial charge < -0.3 is 0 Å². The van der Waals surface area contributed by atoms with Gasteiger partial charge in [-0.3, -0.25) is 15.1 Å². The van der Waals surface area contributed by atoms with E-state index >= 15 is 0 Å². The van der Waals surface area contributed by atoms with Crippen molar-refractivity contribution in [3.8, 4) is 0 Å². The van der Waals surface area contributed by atoms with Crippen LogP contribution in [0.5, 0.6) is 0 Å². The molecule has 0 aliphatic carbocycles. The molecule has 21 heavy (non-hydrogen) atoms. The van der Waals surface area contributed by atoms with Crippen LogP contribution in [0.15, 0.2) is 30.5 Å². The smallest absolute Gasteiger partial charge is 0.259 e. The van der Waals surface area contributed by atoms with Gasteiger partial charge in [-0.1, -0.05) is 23.5 Å². The molecule has 0 atom stereocenters. The molecule has 2 heterocycles. The Labute approximate surface area is 126 Å². The molecular formula is C16H15N3OS. The van der Waals surface area contributed by atoms with Crippen molar-refractivity contribution in [2.45, 2.75) is 20.8 Å². The van der Waals surface area contributed by atoms with Crippen LogP contribution in [-0.2, 0) is 0 Å². The van der Waals surface area contributed by atoms with Gasteiger partial charge in [0, 0.05) is 11.9 Å². The van der Waals surface area contributed by atoms with E-state index in [2.05, 4.69) is 28.3 Å². The van der Waals surface area contributed by atoms with Gasteiger partial charge in [0.2, 0.25) is 0 Å². The van der Waals surface area contributed by atoms with Crippen LogP contribution in [0, 0.1) is 20.8 Å². The minimum atomic E-state index is -0.183. The number of carbonyl (C=O) groups is 1. The molecule has 5 heteroatoms. The number of aryl methyl sites for hydroxylation is 3. The zero-order chi connectivity index (χ0) is 15.0. The third kappa shape index (κ3) is 2.64. The Bertz CT molecular complexity index is 782. The number of rotatable bonds is 2. The molecule has 0 saturated carbocycles. The maximum absolute atomic E-state index is 12.2. The van der Waals surface area contributed by atoms with Gasteiger partial charge in [-0.2, -0.15) is 0 Å². The summed E-state index contributed by atoms with van der Waals surface area (Å²) in [5.41, 5.74) is 4.67. The highest BCUT2D eigenvalue weighted by atomic mass is 32.1. The normalized spacial score (nSPS) is 10.8. The van der Waals surface area contributed by atoms with Crippen molar-refractivity contribution < 1.29 is 4.79 Å². The van der Waals surface area contributed by atoms with Gasteiger partial charge in [-0.25, -0.2) is 4.98 Å². The molecule has 4 nitrogen and oxygen atoms in total. The van der Waals surface area contributed by atoms with E-state index < -0.39 is 0 Å². The molecule has 0 aliphatic rings. The summed E-state index contributed by atoms with van der Waals surface area (Å²) in [6.07, 6.45) is 1.58. The number of carbonyl (C=O) groups excluding carboxylic acids is 1. The number of nitrogens with one attached hydrogen (secondary N) is 1. The molecule has 0 bridgehead atoms. The first-order chi connectivity index (χ1) is 10.0. The molecule has 0 aliphatic heterocycles. The van der Waals surface area contributed by atoms with E-state index in [0.717, 1.165) is 21.5 Å². The van der Waals surface area contributed by atoms with Crippen molar-refractivity contribution in [1.82, 2.24) is 9.97 Å². The highest BCUT2D eigenvalue weighted by molar-refractivity contribution is 7.22. The fraction of sp³-hybridized carbons (Fsp3) is 0.188. The summed E-state index contributed by atoms with van der Waals surface area (Å²) in [5, 5.41) is 3.47. The summed E-state index contributed by atoms with van der Waals surface area (Å²) >= 11 is 1.50. The lowest BCUT2D eigenvalue weighted by Crippen LogP contribution is -2.11. The molecule has 0 fully saturated rings. The molecule has 1 amide bonds. The van der Waals surface area contributed by atoms with E-state index in [9.17, 15) is 4.79 Å². The first kappa shape index (κ1) is 13.7. The van der Waals surface area contributed by atoms with Crippen molar-refractivity contribution in [2.75, 3.05) is 5.32 Å². The topological polar surface area (TPSA) is 54.9 Å². The van der Waals surface area contributed by atoms with Gasteiger partial charge in [-0.15, -0.1) is 0 Å². The van der Waals surface area contributed by atoms with Gasteiger partial charge in [0.05, 0.1) is 15.8 Å². The molecular weight excluding hydrogens is 282 g/mol. The van der Waals surface area contributed by atoms with E-state index in [1.54, 1.807) is 12.3 Å². The van der Waals surface area contributed by atoms with E-state index in [0.29, 0.717) is 10.7 Å². The number of nitrogens with zero attached hydrogens (tertiary/aromatic N) is 2. The first-order valence-corrected chi connectivity index (χ1v) is 7.47. The summed E-state index contributed by atoms with van der Waals surface area (Å²) < 4.78 is 1.12. The van der Waals surface area contributed by atoms with Crippen molar-refractivity contribution in [3.63, 3.8) is 0 Å². The van der Waals surface area contributed by atoms with Crippen LogP contribution >= 0.6 is 11.3 Å². The molecule has 0 saturated heterocycles. The maximum atomic E-state index is 12.2. The first-order valence-electron chi connectivity index (χ1n) is 6.65. The highest BCUT2D eigenvalue weighted by Crippen LogP contribution is 2.31. The molecule has 2 aromatic heterocycles. The Hall–Kier alpha value is -2.27. The van der Waals surface area contributed by atoms with Crippen molar-refractivity contribution in [2.24, 2.45) is 0 Å². The predicted molar refractivity (Wildman–Crippen MR) is 86.0 cm³/mol. The van der Waals surface area contributed by atoms with Crippen molar-refractivity contribution in [3.05, 3.63) is 52.8 Å². The molecule has 0 spiro atoms. The van der Waals surface area contributed by atoms with E-state index in [4.69, 9.17) is 0 Å². The second-order valence-corrected chi connectivity index (χ2v) is 6.04. The zero-order valence-electron chi connectivity index (χ0n) is 12.1. The maximum Gasteiger partial charge on any atom is 0.259 e. The average Bonchev–Trinajstić information content (AvgIpc) is 2.89. The quantitative estimate of drug-likeness (QED) is 0.781. The average molecular weight is 297 g/mol. The second kappa shape index (κ2) is 5.26. The van der Waals surface area contributed by atoms with Crippen LogP contribution in [0.2, 0.25) is 0 Å². The van der Waals surface area contributed by atoms with Gasteiger partial charge in [-0.05, 0) is 44.0 Å². The van der Waals surface area contributed by atoms with Crippen molar-refractivity contribution in [1.29, 1.82) is 0 Å². The lowest BCUT2D eigenvalue weighted by atomic mass is 10.1.